The first kappa shape index (κ1) is 52.9. The first-order valence-corrected chi connectivity index (χ1v) is 28.8. The van der Waals surface area contributed by atoms with Crippen molar-refractivity contribution in [2.45, 2.75) is 165 Å². The number of hydrogen-bond donors (Lipinski definition) is 5. The maximum atomic E-state index is 14.6. The van der Waals surface area contributed by atoms with E-state index in [0.29, 0.717) is 11.8 Å². The van der Waals surface area contributed by atoms with Gasteiger partial charge in [0.25, 0.3) is 0 Å². The van der Waals surface area contributed by atoms with Gasteiger partial charge < -0.3 is 55.1 Å². The lowest BCUT2D eigenvalue weighted by Crippen LogP contribution is -2.59. The van der Waals surface area contributed by atoms with Crippen LogP contribution in [0.1, 0.15) is 141 Å². The standard InChI is InChI=1S/C62H75N9O8/c1-7-33-25-45-42-23-40-22-35(43(27-41(40)24-42)36-18-20-46-48(28-36)66-57(64-46)52-30-38-12-8-10-14-50(38)70(52)59(72)54(32(2)76-3)68-61(74)78-5)17-16-34(33)26-44(45)37-19-21-47-49(29-37)67-58(65-47)53-31-39-13-9-11-15-51(39)71(53)60(73)55(56(63)77-4)69-62(75)79-6/h18-22,25-29,32,38-39,42,50-56H,7-17,23-24,30-31,63H2,1-6H3,(H,64,66)(H,65,67)(H,68,74)(H,69,75)/t32-,38+,39+,42?,50+,51+,52+,53+,54+,55+,56+/m1/s1. The summed E-state index contributed by atoms with van der Waals surface area (Å²) >= 11 is 0. The largest absolute Gasteiger partial charge is 0.453 e. The second-order valence-corrected chi connectivity index (χ2v) is 23.2. The molecule has 13 rings (SSSR count). The van der Waals surface area contributed by atoms with Gasteiger partial charge in [-0.05, 0) is 175 Å². The van der Waals surface area contributed by atoms with Gasteiger partial charge in [0, 0.05) is 26.3 Å². The molecule has 6 N–H and O–H groups in total. The van der Waals surface area contributed by atoms with Gasteiger partial charge in [0.2, 0.25) is 11.8 Å². The van der Waals surface area contributed by atoms with Crippen molar-refractivity contribution < 1.29 is 38.1 Å². The number of rotatable bonds is 13. The highest BCUT2D eigenvalue weighted by Crippen LogP contribution is 2.49. The molecule has 5 bridgehead atoms. The van der Waals surface area contributed by atoms with Gasteiger partial charge in [-0.25, -0.2) is 19.6 Å². The Bertz CT molecular complexity index is 3330. The molecule has 5 aliphatic carbocycles. The molecule has 11 atom stereocenters. The zero-order valence-electron chi connectivity index (χ0n) is 46.4. The summed E-state index contributed by atoms with van der Waals surface area (Å²) < 4.78 is 20.9. The normalized spacial score (nSPS) is 24.7. The molecule has 2 aliphatic heterocycles. The first-order chi connectivity index (χ1) is 38.4. The maximum absolute atomic E-state index is 14.6. The lowest BCUT2D eigenvalue weighted by Gasteiger charge is -2.37. The van der Waals surface area contributed by atoms with E-state index in [0.717, 1.165) is 141 Å². The molecule has 2 aromatic heterocycles. The third-order valence-corrected chi connectivity index (χ3v) is 19.0. The zero-order chi connectivity index (χ0) is 54.8. The molecule has 79 heavy (non-hydrogen) atoms. The molecule has 416 valence electrons. The quantitative estimate of drug-likeness (QED) is 0.0686. The van der Waals surface area contributed by atoms with Crippen molar-refractivity contribution >= 4 is 46.1 Å². The lowest BCUT2D eigenvalue weighted by molar-refractivity contribution is -0.141. The van der Waals surface area contributed by atoms with Crippen LogP contribution in [0.5, 0.6) is 0 Å². The highest BCUT2D eigenvalue weighted by Gasteiger charge is 2.51. The molecule has 17 nitrogen and oxygen atoms in total. The molecule has 2 saturated heterocycles. The van der Waals surface area contributed by atoms with Gasteiger partial charge in [-0.2, -0.15) is 0 Å². The fourth-order valence-electron chi connectivity index (χ4n) is 14.9. The smallest absolute Gasteiger partial charge is 0.407 e. The Morgan fingerprint density at radius 1 is 0.646 bits per heavy atom. The Balaban J connectivity index is 0.839. The van der Waals surface area contributed by atoms with Crippen molar-refractivity contribution in [3.8, 4) is 22.3 Å². The second-order valence-electron chi connectivity index (χ2n) is 23.2. The second kappa shape index (κ2) is 21.7. The van der Waals surface area contributed by atoms with Crippen LogP contribution in [0.2, 0.25) is 0 Å². The van der Waals surface area contributed by atoms with Crippen LogP contribution in [0.3, 0.4) is 0 Å². The van der Waals surface area contributed by atoms with Crippen LogP contribution >= 0.6 is 0 Å². The fourth-order valence-corrected chi connectivity index (χ4v) is 14.9. The van der Waals surface area contributed by atoms with Gasteiger partial charge >= 0.3 is 12.2 Å². The summed E-state index contributed by atoms with van der Waals surface area (Å²) in [7, 11) is 5.55. The molecule has 2 saturated carbocycles. The van der Waals surface area contributed by atoms with Gasteiger partial charge in [-0.3, -0.25) is 9.59 Å². The molecule has 7 aliphatic rings. The molecule has 0 radical (unpaired) electrons. The Morgan fingerprint density at radius 3 is 1.72 bits per heavy atom. The van der Waals surface area contributed by atoms with Crippen molar-refractivity contribution in [3.63, 3.8) is 0 Å². The van der Waals surface area contributed by atoms with Crippen LogP contribution < -0.4 is 16.4 Å². The Morgan fingerprint density at radius 2 is 1.16 bits per heavy atom. The summed E-state index contributed by atoms with van der Waals surface area (Å²) in [6.07, 6.45) is 11.3. The number of nitrogens with two attached hydrogens (primary N) is 1. The number of fused-ring (bicyclic) bond motifs is 7. The summed E-state index contributed by atoms with van der Waals surface area (Å²) in [5, 5.41) is 5.43. The number of aromatic nitrogens is 4. The number of benzene rings is 4. The number of likely N-dealkylation sites (tertiary alicyclic amines) is 2. The lowest BCUT2D eigenvalue weighted by atomic mass is 9.83. The van der Waals surface area contributed by atoms with E-state index in [1.165, 1.54) is 65.8 Å². The van der Waals surface area contributed by atoms with Crippen LogP contribution in [-0.2, 0) is 60.6 Å². The summed E-state index contributed by atoms with van der Waals surface area (Å²) in [6.45, 7) is 4.06. The third-order valence-electron chi connectivity index (χ3n) is 19.0. The highest BCUT2D eigenvalue weighted by atomic mass is 16.5. The van der Waals surface area contributed by atoms with Crippen LogP contribution in [-0.4, -0.2) is 119 Å². The average Bonchev–Trinajstić information content (AvgIpc) is 4.47. The van der Waals surface area contributed by atoms with E-state index in [1.54, 1.807) is 14.0 Å². The van der Waals surface area contributed by atoms with Crippen molar-refractivity contribution in [3.05, 3.63) is 106 Å². The zero-order valence-corrected chi connectivity index (χ0v) is 46.4. The molecule has 4 fully saturated rings. The van der Waals surface area contributed by atoms with E-state index in [9.17, 15) is 19.2 Å². The first-order valence-electron chi connectivity index (χ1n) is 28.8. The Labute approximate surface area is 461 Å². The van der Waals surface area contributed by atoms with Gasteiger partial charge in [0.05, 0.1) is 54.5 Å². The number of methoxy groups -OCH3 is 4. The van der Waals surface area contributed by atoms with E-state index in [2.05, 4.69) is 88.2 Å². The molecular weight excluding hydrogens is 999 g/mol. The number of amides is 4. The van der Waals surface area contributed by atoms with E-state index >= 15 is 0 Å². The van der Waals surface area contributed by atoms with Crippen LogP contribution in [0.15, 0.2) is 60.7 Å². The van der Waals surface area contributed by atoms with Gasteiger partial charge in [-0.1, -0.05) is 69.0 Å². The minimum Gasteiger partial charge on any atom is -0.453 e. The number of aromatic amines is 2. The number of carbonyl (C=O) groups is 4. The number of nitrogens with zero attached hydrogens (tertiary/aromatic N) is 4. The number of carbonyl (C=O) groups excluding carboxylic acids is 4. The van der Waals surface area contributed by atoms with Crippen LogP contribution in [0.25, 0.3) is 44.3 Å². The third kappa shape index (κ3) is 9.62. The number of nitrogens with one attached hydrogen (secondary N) is 4. The molecule has 4 amide bonds. The van der Waals surface area contributed by atoms with Crippen molar-refractivity contribution in [1.82, 2.24) is 40.4 Å². The van der Waals surface area contributed by atoms with E-state index in [-0.39, 0.29) is 41.9 Å². The molecule has 0 spiro atoms. The summed E-state index contributed by atoms with van der Waals surface area (Å²) in [5.74, 6) is 1.98. The van der Waals surface area contributed by atoms with Crippen LogP contribution in [0.4, 0.5) is 9.59 Å². The van der Waals surface area contributed by atoms with Crippen molar-refractivity contribution in [1.29, 1.82) is 0 Å². The Kier molecular flexibility index (Phi) is 14.5. The van der Waals surface area contributed by atoms with E-state index in [1.807, 2.05) is 9.80 Å². The number of alkyl carbamates (subject to hydrolysis) is 2. The summed E-state index contributed by atoms with van der Waals surface area (Å²) in [5.41, 5.74) is 22.8. The van der Waals surface area contributed by atoms with Crippen molar-refractivity contribution in [2.24, 2.45) is 17.6 Å². The Hall–Kier alpha value is -6.82. The summed E-state index contributed by atoms with van der Waals surface area (Å²) in [6, 6.07) is 20.4. The molecule has 6 aromatic rings. The maximum Gasteiger partial charge on any atom is 0.407 e. The minimum absolute atomic E-state index is 0.000106. The van der Waals surface area contributed by atoms with Gasteiger partial charge in [0.1, 0.15) is 23.9 Å². The summed E-state index contributed by atoms with van der Waals surface area (Å²) in [4.78, 5) is 76.0. The number of H-pyrrole nitrogens is 2. The molecule has 1 unspecified atom stereocenters. The van der Waals surface area contributed by atoms with E-state index < -0.39 is 36.6 Å². The molecular formula is C62H75N9O8. The SMILES string of the molecule is CCc1cc2c(-c3ccc4[nH]c([C@@H]5C[C@@H]6CCCC[C@@H]6N5C(=O)[C@@H](NC(=O)OC)[C@@H](N)OC)nc4c3)cc1CCc1cc3c(cc1-c1ccc4[nH]c([C@@H]5C[C@@H]6CCCC[C@@H]6N5C(=O)[C@@H](NC(=O)OC)[C@@H](C)OC)nc4c1)CC2C3. The minimum atomic E-state index is -1.13. The number of aryl methyl sites for hydroxylation is 3. The number of ether oxygens (including phenoxy) is 4. The molecule has 4 aromatic carbocycles. The molecule has 4 heterocycles. The van der Waals surface area contributed by atoms with Gasteiger partial charge in [-0.15, -0.1) is 0 Å². The highest BCUT2D eigenvalue weighted by molar-refractivity contribution is 5.89. The predicted molar refractivity (Wildman–Crippen MR) is 300 cm³/mol. The number of imidazole rings is 2. The topological polar surface area (TPSA) is 219 Å². The van der Waals surface area contributed by atoms with Crippen LogP contribution in [0, 0.1) is 11.8 Å². The number of hydrogen-bond acceptors (Lipinski definition) is 11. The monoisotopic (exact) mass is 1070 g/mol. The molecule has 17 heteroatoms. The van der Waals surface area contributed by atoms with Crippen molar-refractivity contribution in [2.75, 3.05) is 28.4 Å². The average molecular weight is 1070 g/mol. The predicted octanol–water partition coefficient (Wildman–Crippen LogP) is 9.40. The van der Waals surface area contributed by atoms with E-state index in [4.69, 9.17) is 34.6 Å². The van der Waals surface area contributed by atoms with Gasteiger partial charge in [0.15, 0.2) is 6.04 Å². The fraction of sp³-hybridized carbons (Fsp3) is 0.516.